The van der Waals surface area contributed by atoms with Crippen LogP contribution < -0.4 is 5.32 Å². The van der Waals surface area contributed by atoms with Crippen LogP contribution in [-0.2, 0) is 9.47 Å². The molecule has 0 rings (SSSR count). The predicted octanol–water partition coefficient (Wildman–Crippen LogP) is 2.46. The van der Waals surface area contributed by atoms with Crippen molar-refractivity contribution >= 4 is 0 Å². The molecule has 16 heavy (non-hydrogen) atoms. The van der Waals surface area contributed by atoms with E-state index in [1.165, 1.54) is 12.8 Å². The molecule has 0 aromatic rings. The van der Waals surface area contributed by atoms with E-state index < -0.39 is 0 Å². The van der Waals surface area contributed by atoms with Gasteiger partial charge in [-0.2, -0.15) is 0 Å². The Morgan fingerprint density at radius 2 is 1.69 bits per heavy atom. The Kier molecular flexibility index (Phi) is 9.99. The molecule has 0 spiro atoms. The van der Waals surface area contributed by atoms with Gasteiger partial charge in [0.15, 0.2) is 0 Å². The van der Waals surface area contributed by atoms with Crippen molar-refractivity contribution in [1.82, 2.24) is 5.32 Å². The van der Waals surface area contributed by atoms with Gasteiger partial charge in [0, 0.05) is 20.3 Å². The fraction of sp³-hybridized carbons (Fsp3) is 1.00. The minimum absolute atomic E-state index is 0.406. The molecule has 3 heteroatoms. The van der Waals surface area contributed by atoms with Gasteiger partial charge < -0.3 is 14.8 Å². The molecule has 0 saturated heterocycles. The number of nitrogens with one attached hydrogen (secondary N) is 1. The van der Waals surface area contributed by atoms with Crippen molar-refractivity contribution in [3.05, 3.63) is 0 Å². The summed E-state index contributed by atoms with van der Waals surface area (Å²) in [4.78, 5) is 0. The van der Waals surface area contributed by atoms with Crippen molar-refractivity contribution in [2.75, 3.05) is 40.0 Å². The third-order valence-electron chi connectivity index (χ3n) is 3.46. The molecule has 0 fully saturated rings. The van der Waals surface area contributed by atoms with Gasteiger partial charge in [0.05, 0.1) is 13.2 Å². The summed E-state index contributed by atoms with van der Waals surface area (Å²) in [6, 6.07) is 0. The Bertz CT molecular complexity index is 147. The second-order valence-electron chi connectivity index (χ2n) is 4.34. The van der Waals surface area contributed by atoms with Crippen molar-refractivity contribution in [2.24, 2.45) is 5.41 Å². The number of methoxy groups -OCH3 is 1. The normalized spacial score (nSPS) is 12.0. The lowest BCUT2D eigenvalue weighted by Gasteiger charge is -2.32. The molecule has 98 valence electrons. The van der Waals surface area contributed by atoms with E-state index in [0.29, 0.717) is 18.6 Å². The molecule has 0 aromatic carbocycles. The van der Waals surface area contributed by atoms with E-state index in [1.807, 2.05) is 0 Å². The molecule has 0 saturated carbocycles. The van der Waals surface area contributed by atoms with E-state index >= 15 is 0 Å². The number of rotatable bonds is 11. The van der Waals surface area contributed by atoms with Gasteiger partial charge in [-0.1, -0.05) is 20.8 Å². The lowest BCUT2D eigenvalue weighted by atomic mass is 9.79. The maximum atomic E-state index is 5.56. The highest BCUT2D eigenvalue weighted by Crippen LogP contribution is 2.29. The third-order valence-corrected chi connectivity index (χ3v) is 3.46. The zero-order valence-corrected chi connectivity index (χ0v) is 11.5. The summed E-state index contributed by atoms with van der Waals surface area (Å²) in [6.45, 7) is 11.1. The number of ether oxygens (including phenoxy) is 2. The average molecular weight is 231 g/mol. The average Bonchev–Trinajstić information content (AvgIpc) is 2.33. The molecule has 0 bridgehead atoms. The summed E-state index contributed by atoms with van der Waals surface area (Å²) in [6.07, 6.45) is 3.56. The summed E-state index contributed by atoms with van der Waals surface area (Å²) in [5.74, 6) is 0. The van der Waals surface area contributed by atoms with E-state index in [4.69, 9.17) is 9.47 Å². The second-order valence-corrected chi connectivity index (χ2v) is 4.34. The van der Waals surface area contributed by atoms with Gasteiger partial charge in [-0.3, -0.25) is 0 Å². The van der Waals surface area contributed by atoms with Crippen LogP contribution in [0.2, 0.25) is 0 Å². The molecule has 0 radical (unpaired) electrons. The van der Waals surface area contributed by atoms with Crippen LogP contribution in [0.1, 0.15) is 40.0 Å². The largest absolute Gasteiger partial charge is 0.382 e. The van der Waals surface area contributed by atoms with Crippen LogP contribution in [0.3, 0.4) is 0 Å². The topological polar surface area (TPSA) is 30.5 Å². The van der Waals surface area contributed by atoms with Gasteiger partial charge in [0.1, 0.15) is 0 Å². The molecule has 0 atom stereocenters. The lowest BCUT2D eigenvalue weighted by molar-refractivity contribution is 0.0487. The van der Waals surface area contributed by atoms with Gasteiger partial charge >= 0.3 is 0 Å². The predicted molar refractivity (Wildman–Crippen MR) is 68.9 cm³/mol. The van der Waals surface area contributed by atoms with Gasteiger partial charge in [-0.05, 0) is 31.2 Å². The molecule has 0 unspecified atom stereocenters. The first-order valence-corrected chi connectivity index (χ1v) is 6.52. The molecule has 0 aliphatic carbocycles. The Balaban J connectivity index is 3.82. The second kappa shape index (κ2) is 10.1. The fourth-order valence-electron chi connectivity index (χ4n) is 1.87. The molecule has 0 amide bonds. The molecule has 1 N–H and O–H groups in total. The van der Waals surface area contributed by atoms with Gasteiger partial charge in [-0.15, -0.1) is 0 Å². The zero-order chi connectivity index (χ0) is 12.3. The maximum absolute atomic E-state index is 5.56. The molecule has 0 heterocycles. The van der Waals surface area contributed by atoms with E-state index in [-0.39, 0.29) is 0 Å². The summed E-state index contributed by atoms with van der Waals surface area (Å²) < 4.78 is 10.5. The summed E-state index contributed by atoms with van der Waals surface area (Å²) in [7, 11) is 1.71. The van der Waals surface area contributed by atoms with Crippen molar-refractivity contribution in [2.45, 2.75) is 40.0 Å². The van der Waals surface area contributed by atoms with Crippen LogP contribution in [0.5, 0.6) is 0 Å². The fourth-order valence-corrected chi connectivity index (χ4v) is 1.87. The van der Waals surface area contributed by atoms with Crippen LogP contribution in [0.25, 0.3) is 0 Å². The first kappa shape index (κ1) is 15.9. The summed E-state index contributed by atoms with van der Waals surface area (Å²) in [5.41, 5.74) is 0.406. The lowest BCUT2D eigenvalue weighted by Crippen LogP contribution is -2.34. The Labute approximate surface area is 101 Å². The van der Waals surface area contributed by atoms with Crippen LogP contribution >= 0.6 is 0 Å². The third kappa shape index (κ3) is 6.46. The van der Waals surface area contributed by atoms with Crippen molar-refractivity contribution in [3.63, 3.8) is 0 Å². The van der Waals surface area contributed by atoms with Crippen LogP contribution in [-0.4, -0.2) is 40.0 Å². The monoisotopic (exact) mass is 231 g/mol. The van der Waals surface area contributed by atoms with E-state index in [2.05, 4.69) is 26.1 Å². The molecular weight excluding hydrogens is 202 g/mol. The molecule has 0 aliphatic heterocycles. The zero-order valence-electron chi connectivity index (χ0n) is 11.5. The van der Waals surface area contributed by atoms with Gasteiger partial charge in [0.25, 0.3) is 0 Å². The standard InChI is InChI=1S/C13H29NO2/c1-5-13(6-2,12-14-7-3)8-9-16-11-10-15-4/h14H,5-12H2,1-4H3. The minimum Gasteiger partial charge on any atom is -0.382 e. The van der Waals surface area contributed by atoms with Crippen molar-refractivity contribution in [3.8, 4) is 0 Å². The smallest absolute Gasteiger partial charge is 0.0700 e. The molecular formula is C13H29NO2. The van der Waals surface area contributed by atoms with Gasteiger partial charge in [0.2, 0.25) is 0 Å². The minimum atomic E-state index is 0.406. The van der Waals surface area contributed by atoms with Crippen molar-refractivity contribution in [1.29, 1.82) is 0 Å². The highest BCUT2D eigenvalue weighted by atomic mass is 16.5. The Morgan fingerprint density at radius 1 is 1.00 bits per heavy atom. The maximum Gasteiger partial charge on any atom is 0.0700 e. The molecule has 0 aromatic heterocycles. The van der Waals surface area contributed by atoms with E-state index in [0.717, 1.165) is 26.1 Å². The number of hydrogen-bond donors (Lipinski definition) is 1. The summed E-state index contributed by atoms with van der Waals surface area (Å²) in [5, 5.41) is 3.46. The van der Waals surface area contributed by atoms with Gasteiger partial charge in [-0.25, -0.2) is 0 Å². The van der Waals surface area contributed by atoms with E-state index in [1.54, 1.807) is 7.11 Å². The number of hydrogen-bond acceptors (Lipinski definition) is 3. The first-order valence-electron chi connectivity index (χ1n) is 6.52. The SMILES string of the molecule is CCNCC(CC)(CC)CCOCCOC. The van der Waals surface area contributed by atoms with Crippen LogP contribution in [0.15, 0.2) is 0 Å². The quantitative estimate of drug-likeness (QED) is 0.554. The van der Waals surface area contributed by atoms with Crippen LogP contribution in [0.4, 0.5) is 0 Å². The van der Waals surface area contributed by atoms with Crippen LogP contribution in [0, 0.1) is 5.41 Å². The Morgan fingerprint density at radius 3 is 2.19 bits per heavy atom. The van der Waals surface area contributed by atoms with E-state index in [9.17, 15) is 0 Å². The summed E-state index contributed by atoms with van der Waals surface area (Å²) >= 11 is 0. The molecule has 0 aliphatic rings. The molecule has 3 nitrogen and oxygen atoms in total. The van der Waals surface area contributed by atoms with Crippen molar-refractivity contribution < 1.29 is 9.47 Å². The highest BCUT2D eigenvalue weighted by molar-refractivity contribution is 4.78. The Hall–Kier alpha value is -0.120. The first-order chi connectivity index (χ1) is 7.74. The highest BCUT2D eigenvalue weighted by Gasteiger charge is 2.24.